The van der Waals surface area contributed by atoms with Crippen molar-refractivity contribution in [3.05, 3.63) is 17.5 Å². The molecule has 2 rings (SSSR count). The fourth-order valence-electron chi connectivity index (χ4n) is 2.62. The molecule has 3 N–H and O–H groups in total. The molecule has 1 saturated heterocycles. The average molecular weight is 419 g/mol. The summed E-state index contributed by atoms with van der Waals surface area (Å²) in [5, 5.41) is 8.03. The Morgan fingerprint density at radius 2 is 2.07 bits per heavy atom. The third-order valence-electron chi connectivity index (χ3n) is 4.15. The van der Waals surface area contributed by atoms with Gasteiger partial charge in [0.25, 0.3) is 0 Å². The van der Waals surface area contributed by atoms with Crippen LogP contribution in [0.5, 0.6) is 0 Å². The summed E-state index contributed by atoms with van der Waals surface area (Å²) >= 11 is 1.20. The first-order valence-corrected chi connectivity index (χ1v) is 11.6. The molecule has 2 heterocycles. The molecule has 0 spiro atoms. The summed E-state index contributed by atoms with van der Waals surface area (Å²) in [7, 11) is -1.73. The van der Waals surface area contributed by atoms with Gasteiger partial charge < -0.3 is 20.1 Å². The molecule has 1 aliphatic rings. The van der Waals surface area contributed by atoms with Gasteiger partial charge in [-0.1, -0.05) is 6.07 Å². The topological polar surface area (TPSA) is 101 Å². The highest BCUT2D eigenvalue weighted by Gasteiger charge is 2.14. The first-order valence-electron chi connectivity index (χ1n) is 9.25. The number of hydrogen-bond acceptors (Lipinski definition) is 6. The van der Waals surface area contributed by atoms with Crippen LogP contribution < -0.4 is 15.4 Å². The van der Waals surface area contributed by atoms with Crippen molar-refractivity contribution in [2.75, 3.05) is 53.1 Å². The van der Waals surface area contributed by atoms with Gasteiger partial charge in [0.15, 0.2) is 5.96 Å². The van der Waals surface area contributed by atoms with E-state index in [9.17, 15) is 8.42 Å². The molecule has 154 valence electrons. The Morgan fingerprint density at radius 3 is 2.78 bits per heavy atom. The highest BCUT2D eigenvalue weighted by molar-refractivity contribution is 7.91. The second-order valence-electron chi connectivity index (χ2n) is 6.24. The third-order valence-corrected chi connectivity index (χ3v) is 7.00. The van der Waals surface area contributed by atoms with Crippen LogP contribution in [-0.4, -0.2) is 67.5 Å². The maximum atomic E-state index is 12.0. The van der Waals surface area contributed by atoms with Crippen LogP contribution >= 0.6 is 11.3 Å². The normalized spacial score (nSPS) is 16.4. The minimum atomic E-state index is -3.41. The van der Waals surface area contributed by atoms with Gasteiger partial charge in [0.05, 0.1) is 0 Å². The van der Waals surface area contributed by atoms with Gasteiger partial charge in [0.2, 0.25) is 10.0 Å². The molecule has 27 heavy (non-hydrogen) atoms. The van der Waals surface area contributed by atoms with E-state index in [1.165, 1.54) is 11.3 Å². The summed E-state index contributed by atoms with van der Waals surface area (Å²) in [6.07, 6.45) is 3.06. The molecule has 0 aliphatic carbocycles. The fourth-order valence-corrected chi connectivity index (χ4v) is 4.69. The monoisotopic (exact) mass is 418 g/mol. The zero-order chi connectivity index (χ0) is 19.4. The molecular formula is C17H30N4O4S2. The van der Waals surface area contributed by atoms with Crippen molar-refractivity contribution in [1.29, 1.82) is 0 Å². The molecule has 1 aliphatic heterocycles. The van der Waals surface area contributed by atoms with Gasteiger partial charge in [-0.15, -0.1) is 11.3 Å². The summed E-state index contributed by atoms with van der Waals surface area (Å²) in [5.74, 6) is 1.27. The molecular weight excluding hydrogens is 388 g/mol. The smallest absolute Gasteiger partial charge is 0.250 e. The summed E-state index contributed by atoms with van der Waals surface area (Å²) in [5.41, 5.74) is 0. The number of nitrogens with one attached hydrogen (secondary N) is 3. The zero-order valence-corrected chi connectivity index (χ0v) is 17.4. The first-order chi connectivity index (χ1) is 13.1. The maximum Gasteiger partial charge on any atom is 0.250 e. The lowest BCUT2D eigenvalue weighted by atomic mass is 10.0. The van der Waals surface area contributed by atoms with Crippen LogP contribution in [0.25, 0.3) is 0 Å². The zero-order valence-electron chi connectivity index (χ0n) is 15.8. The summed E-state index contributed by atoms with van der Waals surface area (Å²) < 4.78 is 38.0. The van der Waals surface area contributed by atoms with E-state index in [0.29, 0.717) is 29.2 Å². The van der Waals surface area contributed by atoms with Crippen LogP contribution in [0.3, 0.4) is 0 Å². The molecule has 0 amide bonds. The Morgan fingerprint density at radius 1 is 1.30 bits per heavy atom. The molecule has 1 aromatic rings. The number of aliphatic imine (C=N–C) groups is 1. The highest BCUT2D eigenvalue weighted by Crippen LogP contribution is 2.15. The molecule has 8 nitrogen and oxygen atoms in total. The second-order valence-corrected chi connectivity index (χ2v) is 9.18. The lowest BCUT2D eigenvalue weighted by molar-refractivity contribution is 0.0203. The van der Waals surface area contributed by atoms with Gasteiger partial charge in [-0.2, -0.15) is 0 Å². The van der Waals surface area contributed by atoms with E-state index in [1.807, 2.05) is 0 Å². The number of rotatable bonds is 11. The van der Waals surface area contributed by atoms with Gasteiger partial charge in [0, 0.05) is 53.1 Å². The van der Waals surface area contributed by atoms with E-state index in [4.69, 9.17) is 9.47 Å². The molecule has 1 aromatic heterocycles. The number of hydrogen-bond donors (Lipinski definition) is 3. The van der Waals surface area contributed by atoms with Gasteiger partial charge in [-0.05, 0) is 36.6 Å². The summed E-state index contributed by atoms with van der Waals surface area (Å²) in [6.45, 7) is 4.69. The molecule has 0 atom stereocenters. The molecule has 0 aromatic carbocycles. The molecule has 0 bridgehead atoms. The first kappa shape index (κ1) is 22.1. The second kappa shape index (κ2) is 12.3. The van der Waals surface area contributed by atoms with Crippen molar-refractivity contribution in [2.45, 2.75) is 23.5 Å². The largest absolute Gasteiger partial charge is 0.381 e. The van der Waals surface area contributed by atoms with Crippen molar-refractivity contribution < 1.29 is 17.9 Å². The molecule has 0 unspecified atom stereocenters. The summed E-state index contributed by atoms with van der Waals surface area (Å²) in [4.78, 5) is 4.13. The Hall–Kier alpha value is -1.20. The minimum Gasteiger partial charge on any atom is -0.381 e. The predicted molar refractivity (Wildman–Crippen MR) is 108 cm³/mol. The lowest BCUT2D eigenvalue weighted by Crippen LogP contribution is -2.41. The van der Waals surface area contributed by atoms with Crippen LogP contribution in [-0.2, 0) is 19.5 Å². The van der Waals surface area contributed by atoms with Crippen LogP contribution in [0.15, 0.2) is 26.7 Å². The average Bonchev–Trinajstić information content (AvgIpc) is 3.23. The van der Waals surface area contributed by atoms with Crippen LogP contribution in [0.2, 0.25) is 0 Å². The quantitative estimate of drug-likeness (QED) is 0.282. The van der Waals surface area contributed by atoms with Gasteiger partial charge >= 0.3 is 0 Å². The molecule has 0 saturated carbocycles. The van der Waals surface area contributed by atoms with Crippen molar-refractivity contribution in [3.8, 4) is 0 Å². The number of sulfonamides is 1. The standard InChI is InChI=1S/C17H30N4O4S2/c1-18-17(19-7-3-10-25-14-15-5-11-24-12-6-15)20-8-9-21-27(22,23)16-4-2-13-26-16/h2,4,13,15,21H,3,5-12,14H2,1H3,(H2,18,19,20). The van der Waals surface area contributed by atoms with Gasteiger partial charge in [0.1, 0.15) is 4.21 Å². The summed E-state index contributed by atoms with van der Waals surface area (Å²) in [6, 6.07) is 3.31. The van der Waals surface area contributed by atoms with Crippen LogP contribution in [0.1, 0.15) is 19.3 Å². The van der Waals surface area contributed by atoms with E-state index in [2.05, 4.69) is 20.3 Å². The van der Waals surface area contributed by atoms with Gasteiger partial charge in [-0.25, -0.2) is 13.1 Å². The van der Waals surface area contributed by atoms with E-state index in [1.54, 1.807) is 24.6 Å². The Bertz CT molecular complexity index is 644. The number of ether oxygens (including phenoxy) is 2. The van der Waals surface area contributed by atoms with Crippen LogP contribution in [0, 0.1) is 5.92 Å². The fraction of sp³-hybridized carbons (Fsp3) is 0.706. The maximum absolute atomic E-state index is 12.0. The van der Waals surface area contributed by atoms with Crippen LogP contribution in [0.4, 0.5) is 0 Å². The Balaban J connectivity index is 1.50. The van der Waals surface area contributed by atoms with Crippen molar-refractivity contribution in [3.63, 3.8) is 0 Å². The van der Waals surface area contributed by atoms with Crippen molar-refractivity contribution >= 4 is 27.3 Å². The van der Waals surface area contributed by atoms with Gasteiger partial charge in [-0.3, -0.25) is 4.99 Å². The molecule has 10 heteroatoms. The predicted octanol–water partition coefficient (Wildman–Crippen LogP) is 1.02. The van der Waals surface area contributed by atoms with E-state index in [-0.39, 0.29) is 6.54 Å². The van der Waals surface area contributed by atoms with Crippen molar-refractivity contribution in [2.24, 2.45) is 10.9 Å². The van der Waals surface area contributed by atoms with E-state index < -0.39 is 10.0 Å². The van der Waals surface area contributed by atoms with E-state index >= 15 is 0 Å². The SMILES string of the molecule is CN=C(NCCCOCC1CCOCC1)NCCNS(=O)(=O)c1cccs1. The van der Waals surface area contributed by atoms with Crippen molar-refractivity contribution in [1.82, 2.24) is 15.4 Å². The lowest BCUT2D eigenvalue weighted by Gasteiger charge is -2.21. The minimum absolute atomic E-state index is 0.287. The Labute approximate surface area is 165 Å². The number of nitrogens with zero attached hydrogens (tertiary/aromatic N) is 1. The molecule has 0 radical (unpaired) electrons. The third kappa shape index (κ3) is 8.56. The number of thiophene rings is 1. The van der Waals surface area contributed by atoms with E-state index in [0.717, 1.165) is 45.6 Å². The Kier molecular flexibility index (Phi) is 10.1. The highest BCUT2D eigenvalue weighted by atomic mass is 32.2. The number of guanidine groups is 1. The molecule has 1 fully saturated rings.